The summed E-state index contributed by atoms with van der Waals surface area (Å²) in [5.41, 5.74) is -0.890. The molecule has 6 nitrogen and oxygen atoms in total. The van der Waals surface area contributed by atoms with Crippen molar-refractivity contribution < 1.29 is 28.3 Å². The van der Waals surface area contributed by atoms with Crippen molar-refractivity contribution in [3.8, 4) is 12.3 Å². The second-order valence-corrected chi connectivity index (χ2v) is 8.48. The molecule has 0 amide bonds. The molecule has 0 radical (unpaired) electrons. The Morgan fingerprint density at radius 1 is 1.36 bits per heavy atom. The van der Waals surface area contributed by atoms with Gasteiger partial charge in [0.2, 0.25) is 0 Å². The maximum absolute atomic E-state index is 13.2. The Hall–Kier alpha value is -2.55. The lowest BCUT2D eigenvalue weighted by Crippen LogP contribution is -2.62. The Morgan fingerprint density at radius 3 is 2.79 bits per heavy atom. The second-order valence-electron chi connectivity index (χ2n) is 8.48. The average Bonchev–Trinajstić information content (AvgIpc) is 3.21. The van der Waals surface area contributed by atoms with Crippen LogP contribution in [0.5, 0.6) is 0 Å². The first kappa shape index (κ1) is 18.8. The van der Waals surface area contributed by atoms with Crippen LogP contribution in [0.4, 0.5) is 0 Å². The zero-order chi connectivity index (χ0) is 20.1. The smallest absolute Gasteiger partial charge is 0.311 e. The van der Waals surface area contributed by atoms with Gasteiger partial charge in [-0.3, -0.25) is 14.4 Å². The van der Waals surface area contributed by atoms with E-state index in [0.29, 0.717) is 25.7 Å². The number of esters is 2. The molecule has 6 atom stereocenters. The van der Waals surface area contributed by atoms with E-state index in [1.807, 2.05) is 6.92 Å². The molecular formula is C22H24O6. The molecule has 148 valence electrons. The predicted octanol–water partition coefficient (Wildman–Crippen LogP) is 3.07. The van der Waals surface area contributed by atoms with E-state index in [4.69, 9.17) is 20.3 Å². The third kappa shape index (κ3) is 2.45. The Bertz CT molecular complexity index is 849. The molecule has 2 heterocycles. The molecule has 1 saturated heterocycles. The van der Waals surface area contributed by atoms with Crippen LogP contribution in [0.1, 0.15) is 50.7 Å². The second kappa shape index (κ2) is 6.51. The molecule has 0 N–H and O–H groups in total. The minimum absolute atomic E-state index is 0.0333. The highest BCUT2D eigenvalue weighted by molar-refractivity contribution is 5.89. The van der Waals surface area contributed by atoms with Gasteiger partial charge in [-0.25, -0.2) is 0 Å². The standard InChI is InChI=1S/C22H24O6/c1-4-22-11-17(13-8-10-27-12-13)28-20(25)15(22)7-9-21(2)14(19(24)26-3)5-6-16(23)18(21)22/h1,8,10,12,14-15,17-18H,5-7,9,11H2,2-3H3/t14-,15-,17-,18?,21-,22-/m0/s1. The van der Waals surface area contributed by atoms with E-state index < -0.39 is 34.7 Å². The molecule has 3 aliphatic rings. The van der Waals surface area contributed by atoms with Crippen molar-refractivity contribution in [2.24, 2.45) is 28.6 Å². The maximum atomic E-state index is 13.2. The highest BCUT2D eigenvalue weighted by Gasteiger charge is 2.67. The highest BCUT2D eigenvalue weighted by atomic mass is 16.5. The summed E-state index contributed by atoms with van der Waals surface area (Å²) >= 11 is 0. The fourth-order valence-corrected chi connectivity index (χ4v) is 6.01. The van der Waals surface area contributed by atoms with Gasteiger partial charge in [-0.05, 0) is 30.7 Å². The van der Waals surface area contributed by atoms with Gasteiger partial charge in [0.05, 0.1) is 36.9 Å². The lowest BCUT2D eigenvalue weighted by Gasteiger charge is -2.59. The van der Waals surface area contributed by atoms with Crippen molar-refractivity contribution >= 4 is 17.7 Å². The van der Waals surface area contributed by atoms with Gasteiger partial charge in [0.15, 0.2) is 0 Å². The van der Waals surface area contributed by atoms with Gasteiger partial charge in [0.25, 0.3) is 0 Å². The number of ether oxygens (including phenoxy) is 2. The first-order valence-electron chi connectivity index (χ1n) is 9.68. The van der Waals surface area contributed by atoms with Gasteiger partial charge in [-0.1, -0.05) is 12.8 Å². The van der Waals surface area contributed by atoms with E-state index in [1.165, 1.54) is 19.6 Å². The molecule has 2 aliphatic carbocycles. The van der Waals surface area contributed by atoms with Crippen LogP contribution in [-0.2, 0) is 23.9 Å². The molecule has 6 heteroatoms. The maximum Gasteiger partial charge on any atom is 0.311 e. The monoisotopic (exact) mass is 384 g/mol. The van der Waals surface area contributed by atoms with E-state index in [0.717, 1.165) is 5.56 Å². The largest absolute Gasteiger partial charge is 0.472 e. The number of terminal acetylenes is 1. The summed E-state index contributed by atoms with van der Waals surface area (Å²) in [6.07, 6.45) is 10.7. The molecule has 1 aromatic rings. The zero-order valence-electron chi connectivity index (χ0n) is 16.1. The van der Waals surface area contributed by atoms with Gasteiger partial charge >= 0.3 is 11.9 Å². The van der Waals surface area contributed by atoms with Crippen LogP contribution in [0.15, 0.2) is 23.0 Å². The first-order chi connectivity index (χ1) is 13.4. The summed E-state index contributed by atoms with van der Waals surface area (Å²) in [5, 5.41) is 0. The van der Waals surface area contributed by atoms with Gasteiger partial charge in [0, 0.05) is 24.3 Å². The minimum Gasteiger partial charge on any atom is -0.472 e. The minimum atomic E-state index is -0.978. The van der Waals surface area contributed by atoms with Crippen LogP contribution < -0.4 is 0 Å². The molecule has 0 bridgehead atoms. The van der Waals surface area contributed by atoms with Gasteiger partial charge < -0.3 is 13.9 Å². The van der Waals surface area contributed by atoms with Gasteiger partial charge in [-0.15, -0.1) is 6.42 Å². The summed E-state index contributed by atoms with van der Waals surface area (Å²) < 4.78 is 15.9. The van der Waals surface area contributed by atoms with Crippen LogP contribution in [0.25, 0.3) is 0 Å². The third-order valence-electron chi connectivity index (χ3n) is 7.30. The number of rotatable bonds is 2. The van der Waals surface area contributed by atoms with Crippen molar-refractivity contribution in [1.29, 1.82) is 0 Å². The number of fused-ring (bicyclic) bond motifs is 3. The Balaban J connectivity index is 1.81. The number of methoxy groups -OCH3 is 1. The number of furan rings is 1. The summed E-state index contributed by atoms with van der Waals surface area (Å²) in [4.78, 5) is 38.6. The number of hydrogen-bond donors (Lipinski definition) is 0. The molecular weight excluding hydrogens is 360 g/mol. The molecule has 0 spiro atoms. The number of cyclic esters (lactones) is 1. The highest BCUT2D eigenvalue weighted by Crippen LogP contribution is 2.64. The number of Topliss-reactive ketones (excluding diaryl/α,β-unsaturated/α-hetero) is 1. The lowest BCUT2D eigenvalue weighted by molar-refractivity contribution is -0.195. The van der Waals surface area contributed by atoms with Gasteiger partial charge in [-0.2, -0.15) is 0 Å². The lowest BCUT2D eigenvalue weighted by atomic mass is 9.43. The van der Waals surface area contributed by atoms with Crippen molar-refractivity contribution in [3.63, 3.8) is 0 Å². The van der Waals surface area contributed by atoms with Crippen molar-refractivity contribution in [3.05, 3.63) is 24.2 Å². The number of carbonyl (C=O) groups excluding carboxylic acids is 3. The summed E-state index contributed by atoms with van der Waals surface area (Å²) in [7, 11) is 1.37. The van der Waals surface area contributed by atoms with Crippen LogP contribution in [-0.4, -0.2) is 24.8 Å². The van der Waals surface area contributed by atoms with E-state index in [2.05, 4.69) is 5.92 Å². The zero-order valence-corrected chi connectivity index (χ0v) is 16.1. The van der Waals surface area contributed by atoms with E-state index >= 15 is 0 Å². The SMILES string of the molecule is C#C[C@]12C[C@@H](c3ccoc3)OC(=O)[C@@H]1CC[C@]1(C)C2C(=O)CC[C@H]1C(=O)OC. The summed E-state index contributed by atoms with van der Waals surface area (Å²) in [5.74, 6) is 0.695. The molecule has 2 saturated carbocycles. The van der Waals surface area contributed by atoms with Crippen LogP contribution in [0.3, 0.4) is 0 Å². The van der Waals surface area contributed by atoms with Crippen LogP contribution >= 0.6 is 0 Å². The topological polar surface area (TPSA) is 82.8 Å². The van der Waals surface area contributed by atoms with Crippen molar-refractivity contribution in [2.75, 3.05) is 7.11 Å². The number of carbonyl (C=O) groups is 3. The molecule has 1 aromatic heterocycles. The quantitative estimate of drug-likeness (QED) is 0.576. The predicted molar refractivity (Wildman–Crippen MR) is 97.5 cm³/mol. The molecule has 1 aliphatic heterocycles. The molecule has 28 heavy (non-hydrogen) atoms. The fraction of sp³-hybridized carbons (Fsp3) is 0.591. The summed E-state index contributed by atoms with van der Waals surface area (Å²) in [6.45, 7) is 1.96. The molecule has 3 fully saturated rings. The Kier molecular flexibility index (Phi) is 4.37. The molecule has 0 aromatic carbocycles. The van der Waals surface area contributed by atoms with Crippen molar-refractivity contribution in [1.82, 2.24) is 0 Å². The Labute approximate surface area is 163 Å². The van der Waals surface area contributed by atoms with E-state index in [-0.39, 0.29) is 24.1 Å². The third-order valence-corrected chi connectivity index (χ3v) is 7.30. The fourth-order valence-electron chi connectivity index (χ4n) is 6.01. The van der Waals surface area contributed by atoms with Crippen LogP contribution in [0, 0.1) is 40.9 Å². The Morgan fingerprint density at radius 2 is 2.14 bits per heavy atom. The first-order valence-corrected chi connectivity index (χ1v) is 9.68. The normalized spacial score (nSPS) is 39.9. The van der Waals surface area contributed by atoms with Crippen LogP contribution in [0.2, 0.25) is 0 Å². The number of ketones is 1. The van der Waals surface area contributed by atoms with Gasteiger partial charge in [0.1, 0.15) is 11.9 Å². The van der Waals surface area contributed by atoms with E-state index in [9.17, 15) is 14.4 Å². The molecule has 4 rings (SSSR count). The number of hydrogen-bond acceptors (Lipinski definition) is 6. The molecule has 1 unspecified atom stereocenters. The van der Waals surface area contributed by atoms with E-state index in [1.54, 1.807) is 6.07 Å². The van der Waals surface area contributed by atoms with Crippen molar-refractivity contribution in [2.45, 2.75) is 45.1 Å². The average molecular weight is 384 g/mol. The summed E-state index contributed by atoms with van der Waals surface area (Å²) in [6, 6.07) is 1.74.